The molecule has 1 N–H and O–H groups in total. The summed E-state index contributed by atoms with van der Waals surface area (Å²) in [4.78, 5) is 11.0. The second-order valence-electron chi connectivity index (χ2n) is 5.27. The quantitative estimate of drug-likeness (QED) is 0.880. The van der Waals surface area contributed by atoms with Crippen LogP contribution in [0, 0.1) is 0 Å². The van der Waals surface area contributed by atoms with Gasteiger partial charge in [0.25, 0.3) is 0 Å². The summed E-state index contributed by atoms with van der Waals surface area (Å²) in [7, 11) is 4.09. The summed E-state index contributed by atoms with van der Waals surface area (Å²) in [5.74, 6) is 0.959. The predicted molar refractivity (Wildman–Crippen MR) is 90.0 cm³/mol. The first-order valence-electron chi connectivity index (χ1n) is 7.52. The molecule has 0 radical (unpaired) electrons. The second-order valence-corrected chi connectivity index (χ2v) is 5.27. The van der Waals surface area contributed by atoms with Crippen LogP contribution in [0.5, 0.6) is 0 Å². The molecule has 0 saturated heterocycles. The zero-order valence-electron chi connectivity index (χ0n) is 13.3. The molecule has 1 aromatic carbocycles. The number of anilines is 2. The summed E-state index contributed by atoms with van der Waals surface area (Å²) in [6.45, 7) is 5.23. The van der Waals surface area contributed by atoms with Crippen molar-refractivity contribution in [2.75, 3.05) is 30.9 Å². The molecule has 0 fully saturated rings. The summed E-state index contributed by atoms with van der Waals surface area (Å²) in [5, 5.41) is 3.39. The topological polar surface area (TPSA) is 41.1 Å². The molecule has 112 valence electrons. The normalized spacial score (nSPS) is 10.5. The molecule has 21 heavy (non-hydrogen) atoms. The van der Waals surface area contributed by atoms with E-state index in [0.29, 0.717) is 0 Å². The van der Waals surface area contributed by atoms with Gasteiger partial charge in [-0.25, -0.2) is 9.97 Å². The average molecular weight is 284 g/mol. The third-order valence-corrected chi connectivity index (χ3v) is 3.50. The lowest BCUT2D eigenvalue weighted by molar-refractivity contribution is 0.949. The highest BCUT2D eigenvalue weighted by molar-refractivity contribution is 5.70. The predicted octanol–water partition coefficient (Wildman–Crippen LogP) is 3.59. The fourth-order valence-corrected chi connectivity index (χ4v) is 2.31. The first-order valence-corrected chi connectivity index (χ1v) is 7.52. The van der Waals surface area contributed by atoms with E-state index < -0.39 is 0 Å². The van der Waals surface area contributed by atoms with Crippen LogP contribution in [0.3, 0.4) is 0 Å². The lowest BCUT2D eigenvalue weighted by Crippen LogP contribution is -2.08. The van der Waals surface area contributed by atoms with Gasteiger partial charge >= 0.3 is 0 Å². The number of hydrogen-bond donors (Lipinski definition) is 1. The molecule has 0 amide bonds. The molecule has 0 unspecified atom stereocenters. The minimum absolute atomic E-state index is 0.914. The van der Waals surface area contributed by atoms with Crippen LogP contribution in [0.1, 0.15) is 25.8 Å². The molecule has 1 aromatic heterocycles. The van der Waals surface area contributed by atoms with E-state index >= 15 is 0 Å². The molecule has 2 aromatic rings. The van der Waals surface area contributed by atoms with Crippen LogP contribution in [0.15, 0.2) is 30.6 Å². The third-order valence-electron chi connectivity index (χ3n) is 3.50. The van der Waals surface area contributed by atoms with Crippen molar-refractivity contribution in [2.24, 2.45) is 0 Å². The van der Waals surface area contributed by atoms with Gasteiger partial charge < -0.3 is 10.2 Å². The highest BCUT2D eigenvalue weighted by Crippen LogP contribution is 2.27. The van der Waals surface area contributed by atoms with Crippen LogP contribution in [0.25, 0.3) is 11.3 Å². The second kappa shape index (κ2) is 7.07. The first kappa shape index (κ1) is 15.3. The summed E-state index contributed by atoms with van der Waals surface area (Å²) < 4.78 is 0. The van der Waals surface area contributed by atoms with Crippen LogP contribution in [0.4, 0.5) is 11.5 Å². The molecule has 2 rings (SSSR count). The molecule has 0 saturated carbocycles. The molecule has 0 aliphatic carbocycles. The Hall–Kier alpha value is -2.10. The Kier molecular flexibility index (Phi) is 5.14. The van der Waals surface area contributed by atoms with Crippen molar-refractivity contribution in [3.63, 3.8) is 0 Å². The number of rotatable bonds is 6. The van der Waals surface area contributed by atoms with Gasteiger partial charge in [-0.05, 0) is 25.0 Å². The smallest absolute Gasteiger partial charge is 0.133 e. The summed E-state index contributed by atoms with van der Waals surface area (Å²) in [6.07, 6.45) is 3.64. The van der Waals surface area contributed by atoms with Crippen molar-refractivity contribution in [2.45, 2.75) is 26.7 Å². The molecule has 1 heterocycles. The van der Waals surface area contributed by atoms with E-state index in [1.54, 1.807) is 6.33 Å². The summed E-state index contributed by atoms with van der Waals surface area (Å²) >= 11 is 0. The van der Waals surface area contributed by atoms with Crippen LogP contribution in [-0.2, 0) is 6.42 Å². The van der Waals surface area contributed by atoms with Gasteiger partial charge in [0.1, 0.15) is 12.1 Å². The Morgan fingerprint density at radius 3 is 2.33 bits per heavy atom. The fourth-order valence-electron chi connectivity index (χ4n) is 2.31. The number of nitrogens with zero attached hydrogens (tertiary/aromatic N) is 3. The Labute approximate surface area is 127 Å². The van der Waals surface area contributed by atoms with E-state index in [-0.39, 0.29) is 0 Å². The number of nitrogens with one attached hydrogen (secondary N) is 1. The standard InChI is InChI=1S/C17H24N4/c1-5-11-18-17-15(6-2)16(19-12-20-17)13-7-9-14(10-8-13)21(3)4/h7-10,12H,5-6,11H2,1-4H3,(H,18,19,20). The van der Waals surface area contributed by atoms with Gasteiger partial charge in [0.15, 0.2) is 0 Å². The van der Waals surface area contributed by atoms with Gasteiger partial charge in [0.2, 0.25) is 0 Å². The summed E-state index contributed by atoms with van der Waals surface area (Å²) in [6, 6.07) is 8.49. The zero-order chi connectivity index (χ0) is 15.2. The highest BCUT2D eigenvalue weighted by Gasteiger charge is 2.11. The van der Waals surface area contributed by atoms with E-state index in [4.69, 9.17) is 0 Å². The molecule has 4 heteroatoms. The minimum atomic E-state index is 0.914. The Balaban J connectivity index is 2.38. The van der Waals surface area contributed by atoms with Gasteiger partial charge in [-0.3, -0.25) is 0 Å². The van der Waals surface area contributed by atoms with Gasteiger partial charge in [0, 0.05) is 37.5 Å². The van der Waals surface area contributed by atoms with Crippen molar-refractivity contribution < 1.29 is 0 Å². The number of benzene rings is 1. The summed E-state index contributed by atoms with van der Waals surface area (Å²) in [5.41, 5.74) is 4.54. The Bertz CT molecular complexity index is 576. The van der Waals surface area contributed by atoms with Crippen molar-refractivity contribution in [3.8, 4) is 11.3 Å². The van der Waals surface area contributed by atoms with Crippen molar-refractivity contribution in [1.82, 2.24) is 9.97 Å². The van der Waals surface area contributed by atoms with Crippen LogP contribution >= 0.6 is 0 Å². The first-order chi connectivity index (χ1) is 10.2. The van der Waals surface area contributed by atoms with E-state index in [1.807, 2.05) is 14.1 Å². The van der Waals surface area contributed by atoms with Crippen molar-refractivity contribution >= 4 is 11.5 Å². The van der Waals surface area contributed by atoms with Gasteiger partial charge in [-0.1, -0.05) is 26.0 Å². The largest absolute Gasteiger partial charge is 0.378 e. The van der Waals surface area contributed by atoms with Crippen LogP contribution in [-0.4, -0.2) is 30.6 Å². The van der Waals surface area contributed by atoms with E-state index in [1.165, 1.54) is 11.3 Å². The molecule has 4 nitrogen and oxygen atoms in total. The molecule has 0 atom stereocenters. The molecule has 0 aliphatic rings. The zero-order valence-corrected chi connectivity index (χ0v) is 13.3. The van der Waals surface area contributed by atoms with Crippen LogP contribution < -0.4 is 10.2 Å². The minimum Gasteiger partial charge on any atom is -0.378 e. The monoisotopic (exact) mass is 284 g/mol. The Morgan fingerprint density at radius 1 is 1.05 bits per heavy atom. The third kappa shape index (κ3) is 3.51. The van der Waals surface area contributed by atoms with Crippen LogP contribution in [0.2, 0.25) is 0 Å². The van der Waals surface area contributed by atoms with E-state index in [0.717, 1.165) is 36.5 Å². The van der Waals surface area contributed by atoms with Gasteiger partial charge in [-0.2, -0.15) is 0 Å². The lowest BCUT2D eigenvalue weighted by atomic mass is 10.0. The maximum Gasteiger partial charge on any atom is 0.133 e. The highest BCUT2D eigenvalue weighted by atomic mass is 15.1. The van der Waals surface area contributed by atoms with E-state index in [2.05, 4.69) is 58.3 Å². The average Bonchev–Trinajstić information content (AvgIpc) is 2.52. The number of hydrogen-bond acceptors (Lipinski definition) is 4. The maximum absolute atomic E-state index is 4.50. The van der Waals surface area contributed by atoms with Crippen molar-refractivity contribution in [1.29, 1.82) is 0 Å². The van der Waals surface area contributed by atoms with Crippen molar-refractivity contribution in [3.05, 3.63) is 36.2 Å². The fraction of sp³-hybridized carbons (Fsp3) is 0.412. The molecule has 0 aliphatic heterocycles. The molecule has 0 bridgehead atoms. The van der Waals surface area contributed by atoms with E-state index in [9.17, 15) is 0 Å². The van der Waals surface area contributed by atoms with Gasteiger partial charge in [-0.15, -0.1) is 0 Å². The lowest BCUT2D eigenvalue weighted by Gasteiger charge is -2.15. The number of aromatic nitrogens is 2. The molecule has 0 spiro atoms. The Morgan fingerprint density at radius 2 is 1.76 bits per heavy atom. The van der Waals surface area contributed by atoms with Gasteiger partial charge in [0.05, 0.1) is 5.69 Å². The molecular formula is C17H24N4. The SMILES string of the molecule is CCCNc1ncnc(-c2ccc(N(C)C)cc2)c1CC. The molecular weight excluding hydrogens is 260 g/mol. The maximum atomic E-state index is 4.50.